The van der Waals surface area contributed by atoms with Crippen LogP contribution in [-0.4, -0.2) is 20.2 Å². The van der Waals surface area contributed by atoms with Gasteiger partial charge in [-0.05, 0) is 40.5 Å². The van der Waals surface area contributed by atoms with Crippen molar-refractivity contribution in [3.05, 3.63) is 27.7 Å². The zero-order valence-electron chi connectivity index (χ0n) is 8.26. The molecule has 0 heterocycles. The molecule has 0 aliphatic carbocycles. The second-order valence-electron chi connectivity index (χ2n) is 2.79. The Bertz CT molecular complexity index is 361. The van der Waals surface area contributed by atoms with E-state index in [1.165, 1.54) is 7.11 Å². The van der Waals surface area contributed by atoms with Gasteiger partial charge in [0.2, 0.25) is 0 Å². The van der Waals surface area contributed by atoms with E-state index in [4.69, 9.17) is 4.74 Å². The highest BCUT2D eigenvalue weighted by Gasteiger charge is 2.12. The minimum atomic E-state index is -0.342. The molecule has 0 amide bonds. The fourth-order valence-electron chi connectivity index (χ4n) is 1.14. The van der Waals surface area contributed by atoms with Gasteiger partial charge in [-0.1, -0.05) is 0 Å². The first-order chi connectivity index (χ1) is 6.60. The van der Waals surface area contributed by atoms with Crippen LogP contribution in [0.1, 0.15) is 15.9 Å². The second kappa shape index (κ2) is 4.46. The molecule has 14 heavy (non-hydrogen) atoms. The van der Waals surface area contributed by atoms with E-state index >= 15 is 0 Å². The Morgan fingerprint density at radius 3 is 2.50 bits per heavy atom. The van der Waals surface area contributed by atoms with Crippen LogP contribution in [0, 0.1) is 6.92 Å². The molecular weight excluding hydrogens is 248 g/mol. The molecule has 1 aromatic carbocycles. The number of benzene rings is 1. The van der Waals surface area contributed by atoms with Gasteiger partial charge in [-0.25, -0.2) is 4.79 Å². The molecule has 0 N–H and O–H groups in total. The predicted octanol–water partition coefficient (Wildman–Crippen LogP) is 2.55. The van der Waals surface area contributed by atoms with Gasteiger partial charge in [0, 0.05) is 0 Å². The average molecular weight is 259 g/mol. The lowest BCUT2D eigenvalue weighted by Gasteiger charge is -2.08. The first kappa shape index (κ1) is 11.0. The summed E-state index contributed by atoms with van der Waals surface area (Å²) in [5.74, 6) is 0.362. The van der Waals surface area contributed by atoms with Crippen LogP contribution in [0.5, 0.6) is 5.75 Å². The molecule has 0 aliphatic rings. The van der Waals surface area contributed by atoms with Crippen molar-refractivity contribution in [2.45, 2.75) is 6.92 Å². The van der Waals surface area contributed by atoms with Gasteiger partial charge < -0.3 is 9.47 Å². The van der Waals surface area contributed by atoms with Crippen LogP contribution in [0.15, 0.2) is 16.6 Å². The summed E-state index contributed by atoms with van der Waals surface area (Å²) in [7, 11) is 2.94. The fraction of sp³-hybridized carbons (Fsp3) is 0.300. The van der Waals surface area contributed by atoms with Gasteiger partial charge in [0.25, 0.3) is 0 Å². The number of aryl methyl sites for hydroxylation is 1. The molecule has 0 saturated carbocycles. The van der Waals surface area contributed by atoms with Crippen LogP contribution in [0.3, 0.4) is 0 Å². The first-order valence-corrected chi connectivity index (χ1v) is 4.82. The van der Waals surface area contributed by atoms with E-state index in [2.05, 4.69) is 20.7 Å². The topological polar surface area (TPSA) is 35.5 Å². The Labute approximate surface area is 91.1 Å². The molecule has 0 bridgehead atoms. The lowest BCUT2D eigenvalue weighted by atomic mass is 10.1. The third kappa shape index (κ3) is 2.07. The van der Waals surface area contributed by atoms with Crippen molar-refractivity contribution in [3.8, 4) is 5.75 Å². The Morgan fingerprint density at radius 1 is 1.36 bits per heavy atom. The third-order valence-electron chi connectivity index (χ3n) is 1.90. The molecule has 0 saturated heterocycles. The summed E-state index contributed by atoms with van der Waals surface area (Å²) in [6.45, 7) is 1.83. The molecule has 0 aliphatic heterocycles. The van der Waals surface area contributed by atoms with Crippen LogP contribution < -0.4 is 4.74 Å². The maximum Gasteiger partial charge on any atom is 0.338 e. The van der Waals surface area contributed by atoms with E-state index in [0.717, 1.165) is 10.0 Å². The van der Waals surface area contributed by atoms with Crippen molar-refractivity contribution in [3.63, 3.8) is 0 Å². The Hall–Kier alpha value is -1.03. The van der Waals surface area contributed by atoms with Crippen molar-refractivity contribution in [1.29, 1.82) is 0 Å². The first-order valence-electron chi connectivity index (χ1n) is 4.02. The number of rotatable bonds is 2. The monoisotopic (exact) mass is 258 g/mol. The number of hydrogen-bond acceptors (Lipinski definition) is 3. The zero-order chi connectivity index (χ0) is 10.7. The van der Waals surface area contributed by atoms with Gasteiger partial charge in [-0.2, -0.15) is 0 Å². The van der Waals surface area contributed by atoms with Crippen molar-refractivity contribution in [2.24, 2.45) is 0 Å². The summed E-state index contributed by atoms with van der Waals surface area (Å²) in [4.78, 5) is 11.3. The smallest absolute Gasteiger partial charge is 0.338 e. The van der Waals surface area contributed by atoms with Gasteiger partial charge in [-0.15, -0.1) is 0 Å². The van der Waals surface area contributed by atoms with Gasteiger partial charge in [0.1, 0.15) is 5.75 Å². The molecule has 0 atom stereocenters. The predicted molar refractivity (Wildman–Crippen MR) is 56.8 cm³/mol. The van der Waals surface area contributed by atoms with E-state index in [-0.39, 0.29) is 5.97 Å². The van der Waals surface area contributed by atoms with Crippen molar-refractivity contribution in [1.82, 2.24) is 0 Å². The van der Waals surface area contributed by atoms with Gasteiger partial charge in [0.05, 0.1) is 24.3 Å². The summed E-state index contributed by atoms with van der Waals surface area (Å²) in [5, 5.41) is 0. The Balaban J connectivity index is 3.21. The highest BCUT2D eigenvalue weighted by molar-refractivity contribution is 9.10. The van der Waals surface area contributed by atoms with Gasteiger partial charge in [-0.3, -0.25) is 0 Å². The molecule has 0 fully saturated rings. The standard InChI is InChI=1S/C10H11BrO3/c1-6-4-9(13-2)8(11)5-7(6)10(12)14-3/h4-5H,1-3H3. The molecule has 0 radical (unpaired) electrons. The molecule has 3 nitrogen and oxygen atoms in total. The largest absolute Gasteiger partial charge is 0.496 e. The minimum Gasteiger partial charge on any atom is -0.496 e. The summed E-state index contributed by atoms with van der Waals surface area (Å²) < 4.78 is 10.5. The Kier molecular flexibility index (Phi) is 3.52. The van der Waals surface area contributed by atoms with E-state index in [1.54, 1.807) is 19.2 Å². The van der Waals surface area contributed by atoms with Crippen LogP contribution in [0.4, 0.5) is 0 Å². The highest BCUT2D eigenvalue weighted by Crippen LogP contribution is 2.28. The second-order valence-corrected chi connectivity index (χ2v) is 3.65. The van der Waals surface area contributed by atoms with Crippen LogP contribution in [0.25, 0.3) is 0 Å². The lowest BCUT2D eigenvalue weighted by Crippen LogP contribution is -2.04. The number of esters is 1. The van der Waals surface area contributed by atoms with E-state index < -0.39 is 0 Å². The molecular formula is C10H11BrO3. The number of ether oxygens (including phenoxy) is 2. The summed E-state index contributed by atoms with van der Waals surface area (Å²) in [6, 6.07) is 3.48. The summed E-state index contributed by atoms with van der Waals surface area (Å²) >= 11 is 3.31. The number of halogens is 1. The quantitative estimate of drug-likeness (QED) is 0.765. The van der Waals surface area contributed by atoms with Gasteiger partial charge in [0.15, 0.2) is 0 Å². The van der Waals surface area contributed by atoms with Gasteiger partial charge >= 0.3 is 5.97 Å². The van der Waals surface area contributed by atoms with Crippen LogP contribution in [0.2, 0.25) is 0 Å². The number of methoxy groups -OCH3 is 2. The number of carbonyl (C=O) groups is 1. The molecule has 0 aromatic heterocycles. The average Bonchev–Trinajstić information content (AvgIpc) is 2.19. The maximum atomic E-state index is 11.3. The summed E-state index contributed by atoms with van der Waals surface area (Å²) in [5.41, 5.74) is 1.37. The Morgan fingerprint density at radius 2 is 2.00 bits per heavy atom. The SMILES string of the molecule is COC(=O)c1cc(Br)c(OC)cc1C. The molecule has 0 spiro atoms. The van der Waals surface area contributed by atoms with E-state index in [0.29, 0.717) is 11.3 Å². The van der Waals surface area contributed by atoms with E-state index in [9.17, 15) is 4.79 Å². The maximum absolute atomic E-state index is 11.3. The lowest BCUT2D eigenvalue weighted by molar-refractivity contribution is 0.0600. The summed E-state index contributed by atoms with van der Waals surface area (Å²) in [6.07, 6.45) is 0. The molecule has 1 aromatic rings. The van der Waals surface area contributed by atoms with Crippen LogP contribution >= 0.6 is 15.9 Å². The normalized spacial score (nSPS) is 9.71. The molecule has 0 unspecified atom stereocenters. The molecule has 4 heteroatoms. The highest BCUT2D eigenvalue weighted by atomic mass is 79.9. The number of carbonyl (C=O) groups excluding carboxylic acids is 1. The number of hydrogen-bond donors (Lipinski definition) is 0. The zero-order valence-corrected chi connectivity index (χ0v) is 9.84. The van der Waals surface area contributed by atoms with Crippen molar-refractivity contribution in [2.75, 3.05) is 14.2 Å². The fourth-order valence-corrected chi connectivity index (χ4v) is 1.65. The van der Waals surface area contributed by atoms with Crippen molar-refractivity contribution >= 4 is 21.9 Å². The molecule has 1 rings (SSSR count). The third-order valence-corrected chi connectivity index (χ3v) is 2.52. The van der Waals surface area contributed by atoms with E-state index in [1.807, 2.05) is 6.92 Å². The minimum absolute atomic E-state index is 0.342. The van der Waals surface area contributed by atoms with Crippen LogP contribution in [-0.2, 0) is 4.74 Å². The van der Waals surface area contributed by atoms with Crippen molar-refractivity contribution < 1.29 is 14.3 Å². The molecule has 76 valence electrons.